The van der Waals surface area contributed by atoms with E-state index in [4.69, 9.17) is 5.73 Å². The Hall–Kier alpha value is -1.46. The second kappa shape index (κ2) is 16.3. The molecule has 0 spiro atoms. The summed E-state index contributed by atoms with van der Waals surface area (Å²) >= 11 is 0. The van der Waals surface area contributed by atoms with Gasteiger partial charge in [0.15, 0.2) is 0 Å². The molecule has 5 nitrogen and oxygen atoms in total. The number of amidine groups is 1. The number of quaternary nitrogens is 1. The topological polar surface area (TPSA) is 78.5 Å². The monoisotopic (exact) mass is 405 g/mol. The number of nitrogens with two attached hydrogens (primary N) is 1. The van der Waals surface area contributed by atoms with Gasteiger partial charge >= 0.3 is 0 Å². The van der Waals surface area contributed by atoms with Crippen LogP contribution in [0.5, 0.6) is 0 Å². The molecule has 0 fully saturated rings. The summed E-state index contributed by atoms with van der Waals surface area (Å²) in [5.74, 6) is -0.170. The smallest absolute Gasteiger partial charge is 0.207 e. The molecule has 0 saturated carbocycles. The van der Waals surface area contributed by atoms with Gasteiger partial charge in [0.25, 0.3) is 0 Å². The van der Waals surface area contributed by atoms with Gasteiger partial charge in [0.2, 0.25) is 5.84 Å². The van der Waals surface area contributed by atoms with Crippen molar-refractivity contribution in [2.45, 2.75) is 96.8 Å². The molecule has 0 amide bonds. The summed E-state index contributed by atoms with van der Waals surface area (Å²) in [6.45, 7) is 3.16. The molecule has 1 atom stereocenters. The predicted octanol–water partition coefficient (Wildman–Crippen LogP) is 4.43. The Morgan fingerprint density at radius 2 is 1.59 bits per heavy atom. The average Bonchev–Trinajstić information content (AvgIpc) is 3.06. The number of carbonyl (C=O) groups is 1. The van der Waals surface area contributed by atoms with Crippen molar-refractivity contribution < 1.29 is 14.4 Å². The largest absolute Gasteiger partial charge is 0.544 e. The van der Waals surface area contributed by atoms with Crippen molar-refractivity contribution in [1.29, 1.82) is 0 Å². The van der Waals surface area contributed by atoms with Crippen LogP contribution >= 0.6 is 0 Å². The average molecular weight is 406 g/mol. The highest BCUT2D eigenvalue weighted by atomic mass is 16.4. The lowest BCUT2D eigenvalue weighted by atomic mass is 10.1. The van der Waals surface area contributed by atoms with Gasteiger partial charge < -0.3 is 15.6 Å². The quantitative estimate of drug-likeness (QED) is 0.196. The molecule has 5 heteroatoms. The van der Waals surface area contributed by atoms with Gasteiger partial charge in [-0.05, 0) is 25.7 Å². The van der Waals surface area contributed by atoms with Crippen LogP contribution in [0.4, 0.5) is 0 Å². The molecule has 1 unspecified atom stereocenters. The second-order valence-electron chi connectivity index (χ2n) is 8.25. The first kappa shape index (κ1) is 25.6. The summed E-state index contributed by atoms with van der Waals surface area (Å²) in [6.07, 6.45) is 25.8. The van der Waals surface area contributed by atoms with Crippen LogP contribution in [0.3, 0.4) is 0 Å². The van der Waals surface area contributed by atoms with Crippen molar-refractivity contribution >= 4 is 11.8 Å². The van der Waals surface area contributed by atoms with Crippen LogP contribution in [0.25, 0.3) is 0 Å². The number of rotatable bonds is 19. The first-order valence-corrected chi connectivity index (χ1v) is 11.8. The number of allylic oxidation sites excluding steroid dienone is 2. The molecule has 29 heavy (non-hydrogen) atoms. The fourth-order valence-corrected chi connectivity index (χ4v) is 3.99. The van der Waals surface area contributed by atoms with E-state index in [1.807, 2.05) is 6.20 Å². The number of unbranched alkanes of at least 4 members (excludes halogenated alkanes) is 11. The van der Waals surface area contributed by atoms with E-state index in [9.17, 15) is 9.90 Å². The maximum absolute atomic E-state index is 11.1. The third-order valence-corrected chi connectivity index (χ3v) is 5.69. The Balaban J connectivity index is 2.05. The lowest BCUT2D eigenvalue weighted by Gasteiger charge is -2.32. The zero-order valence-corrected chi connectivity index (χ0v) is 18.6. The van der Waals surface area contributed by atoms with Crippen LogP contribution in [0.2, 0.25) is 0 Å². The standard InChI is InChI=1S/C24H43N3O2/c1-2-3-4-5-6-7-8-9-10-11-12-13-14-15-16-17-23-26-19-21-27(23,20-18-25)22-24(28)29/h13-14,19,21H,2-12,15-18,20,22,25H2,1H3/b14-13+. The highest BCUT2D eigenvalue weighted by Crippen LogP contribution is 2.20. The van der Waals surface area contributed by atoms with E-state index in [1.165, 1.54) is 64.2 Å². The fraction of sp³-hybridized carbons (Fsp3) is 0.750. The lowest BCUT2D eigenvalue weighted by molar-refractivity contribution is -0.780. The van der Waals surface area contributed by atoms with E-state index in [0.29, 0.717) is 13.1 Å². The van der Waals surface area contributed by atoms with Crippen molar-refractivity contribution in [2.75, 3.05) is 19.6 Å². The third kappa shape index (κ3) is 11.3. The SMILES string of the molecule is CCCCCCCCCCCC/C=C/CCCC1=NC=C[N+]1(CCN)CC(=O)[O-]. The molecule has 166 valence electrons. The van der Waals surface area contributed by atoms with Gasteiger partial charge in [-0.2, -0.15) is 0 Å². The van der Waals surface area contributed by atoms with E-state index in [-0.39, 0.29) is 11.0 Å². The molecule has 1 heterocycles. The zero-order valence-electron chi connectivity index (χ0n) is 18.6. The molecular weight excluding hydrogens is 362 g/mol. The Bertz CT molecular complexity index is 528. The Kier molecular flexibility index (Phi) is 14.4. The Labute approximate surface area is 178 Å². The molecular formula is C24H43N3O2. The Morgan fingerprint density at radius 3 is 2.17 bits per heavy atom. The minimum Gasteiger partial charge on any atom is -0.544 e. The van der Waals surface area contributed by atoms with Gasteiger partial charge in [-0.15, -0.1) is 0 Å². The fourth-order valence-electron chi connectivity index (χ4n) is 3.99. The highest BCUT2D eigenvalue weighted by Gasteiger charge is 2.34. The first-order chi connectivity index (χ1) is 14.1. The van der Waals surface area contributed by atoms with Crippen molar-refractivity contribution in [3.05, 3.63) is 24.6 Å². The Morgan fingerprint density at radius 1 is 1.00 bits per heavy atom. The number of nitrogens with zero attached hydrogens (tertiary/aromatic N) is 2. The van der Waals surface area contributed by atoms with E-state index < -0.39 is 5.97 Å². The van der Waals surface area contributed by atoms with E-state index in [0.717, 1.165) is 31.5 Å². The number of aliphatic imine (C=N–C) groups is 1. The number of carbonyl (C=O) groups excluding carboxylic acids is 1. The molecule has 1 rings (SSSR count). The molecule has 2 N–H and O–H groups in total. The summed E-state index contributed by atoms with van der Waals surface area (Å²) in [7, 11) is 0. The summed E-state index contributed by atoms with van der Waals surface area (Å²) in [6, 6.07) is 0. The van der Waals surface area contributed by atoms with Gasteiger partial charge in [-0.3, -0.25) is 0 Å². The summed E-state index contributed by atoms with van der Waals surface area (Å²) < 4.78 is 0.223. The van der Waals surface area contributed by atoms with Crippen molar-refractivity contribution in [3.63, 3.8) is 0 Å². The lowest BCUT2D eigenvalue weighted by Crippen LogP contribution is -2.55. The summed E-state index contributed by atoms with van der Waals surface area (Å²) in [4.78, 5) is 15.5. The van der Waals surface area contributed by atoms with Crippen molar-refractivity contribution in [3.8, 4) is 0 Å². The molecule has 0 aromatic heterocycles. The summed E-state index contributed by atoms with van der Waals surface area (Å²) in [5, 5.41) is 11.1. The van der Waals surface area contributed by atoms with Crippen LogP contribution in [0.1, 0.15) is 96.8 Å². The van der Waals surface area contributed by atoms with Crippen molar-refractivity contribution in [1.82, 2.24) is 0 Å². The minimum absolute atomic E-state index is 0.0822. The van der Waals surface area contributed by atoms with Gasteiger partial charge in [-0.25, -0.2) is 9.48 Å². The molecule has 0 saturated heterocycles. The number of carboxylic acids is 1. The van der Waals surface area contributed by atoms with Gasteiger partial charge in [0.05, 0.1) is 12.2 Å². The number of hydrogen-bond donors (Lipinski definition) is 1. The van der Waals surface area contributed by atoms with Crippen molar-refractivity contribution in [2.24, 2.45) is 10.7 Å². The number of carboxylic acid groups (broad SMARTS) is 1. The van der Waals surface area contributed by atoms with Crippen LogP contribution in [0, 0.1) is 0 Å². The second-order valence-corrected chi connectivity index (χ2v) is 8.25. The molecule has 0 aliphatic carbocycles. The molecule has 0 aromatic rings. The normalized spacial score (nSPS) is 18.6. The maximum atomic E-state index is 11.1. The third-order valence-electron chi connectivity index (χ3n) is 5.69. The maximum Gasteiger partial charge on any atom is 0.207 e. The van der Waals surface area contributed by atoms with E-state index in [2.05, 4.69) is 24.1 Å². The number of hydrogen-bond acceptors (Lipinski definition) is 4. The van der Waals surface area contributed by atoms with Gasteiger partial charge in [-0.1, -0.05) is 76.9 Å². The molecule has 1 aliphatic rings. The van der Waals surface area contributed by atoms with Crippen LogP contribution in [-0.2, 0) is 4.79 Å². The molecule has 0 bridgehead atoms. The molecule has 0 aromatic carbocycles. The highest BCUT2D eigenvalue weighted by molar-refractivity contribution is 5.80. The zero-order chi connectivity index (χ0) is 21.2. The van der Waals surface area contributed by atoms with Crippen LogP contribution < -0.4 is 10.8 Å². The first-order valence-electron chi connectivity index (χ1n) is 11.8. The molecule has 0 radical (unpaired) electrons. The van der Waals surface area contributed by atoms with Gasteiger partial charge in [0.1, 0.15) is 19.3 Å². The van der Waals surface area contributed by atoms with Crippen LogP contribution in [0.15, 0.2) is 29.5 Å². The minimum atomic E-state index is -1.06. The van der Waals surface area contributed by atoms with Gasteiger partial charge in [0, 0.05) is 13.0 Å². The van der Waals surface area contributed by atoms with E-state index >= 15 is 0 Å². The van der Waals surface area contributed by atoms with E-state index in [1.54, 1.807) is 6.20 Å². The predicted molar refractivity (Wildman–Crippen MR) is 120 cm³/mol. The van der Waals surface area contributed by atoms with Crippen LogP contribution in [-0.4, -0.2) is 35.9 Å². The number of aliphatic carboxylic acids is 1. The molecule has 1 aliphatic heterocycles. The summed E-state index contributed by atoms with van der Waals surface area (Å²) in [5.41, 5.74) is 5.69.